The molecule has 4 rings (SSSR count). The Morgan fingerprint density at radius 2 is 1.95 bits per heavy atom. The van der Waals surface area contributed by atoms with Crippen LogP contribution in [0.1, 0.15) is 11.6 Å². The minimum absolute atomic E-state index is 0.0345. The number of carbonyl (C=O) groups excluding carboxylic acids is 1. The van der Waals surface area contributed by atoms with Crippen molar-refractivity contribution in [3.63, 3.8) is 0 Å². The van der Waals surface area contributed by atoms with Gasteiger partial charge < -0.3 is 0 Å². The molecule has 5 heteroatoms. The third kappa shape index (κ3) is 1.67. The number of fused-ring (bicyclic) bond motifs is 3. The second-order valence-corrected chi connectivity index (χ2v) is 5.28. The minimum Gasteiger partial charge on any atom is -0.291 e. The average Bonchev–Trinajstić information content (AvgIpc) is 2.99. The van der Waals surface area contributed by atoms with Crippen LogP contribution in [0.3, 0.4) is 0 Å². The predicted octanol–water partition coefficient (Wildman–Crippen LogP) is 2.55. The first kappa shape index (κ1) is 12.1. The molecule has 2 aromatic rings. The highest BCUT2D eigenvalue weighted by molar-refractivity contribution is 6.03. The van der Waals surface area contributed by atoms with Crippen LogP contribution in [0.5, 0.6) is 0 Å². The van der Waals surface area contributed by atoms with E-state index in [1.807, 2.05) is 60.1 Å². The topological polar surface area (TPSA) is 51.0 Å². The van der Waals surface area contributed by atoms with E-state index in [-0.39, 0.29) is 17.9 Å². The van der Waals surface area contributed by atoms with Crippen molar-refractivity contribution in [3.05, 3.63) is 60.5 Å². The summed E-state index contributed by atoms with van der Waals surface area (Å²) in [5.74, 6) is 0.406. The zero-order chi connectivity index (χ0) is 14.4. The van der Waals surface area contributed by atoms with Crippen molar-refractivity contribution in [2.75, 3.05) is 4.90 Å². The number of benzene rings is 1. The number of nitrogens with zero attached hydrogens (tertiary/aromatic N) is 4. The predicted molar refractivity (Wildman–Crippen MR) is 79.2 cm³/mol. The molecule has 0 bridgehead atoms. The highest BCUT2D eigenvalue weighted by Crippen LogP contribution is 2.39. The first-order valence-corrected chi connectivity index (χ1v) is 6.91. The lowest BCUT2D eigenvalue weighted by atomic mass is 9.91. The maximum absolute atomic E-state index is 12.9. The summed E-state index contributed by atoms with van der Waals surface area (Å²) in [6.07, 6.45) is 9.53. The molecule has 2 atom stereocenters. The SMILES string of the molecule is Cc1ccccc1N1C(=O)C2C=CC=CC2n2cnnc21. The van der Waals surface area contributed by atoms with Gasteiger partial charge in [0, 0.05) is 0 Å². The van der Waals surface area contributed by atoms with E-state index < -0.39 is 0 Å². The van der Waals surface area contributed by atoms with Gasteiger partial charge in [0.25, 0.3) is 0 Å². The van der Waals surface area contributed by atoms with Crippen molar-refractivity contribution in [1.29, 1.82) is 0 Å². The van der Waals surface area contributed by atoms with Crippen molar-refractivity contribution in [2.24, 2.45) is 5.92 Å². The quantitative estimate of drug-likeness (QED) is 0.805. The number of carbonyl (C=O) groups is 1. The summed E-state index contributed by atoms with van der Waals surface area (Å²) in [5.41, 5.74) is 1.90. The van der Waals surface area contributed by atoms with Gasteiger partial charge >= 0.3 is 0 Å². The normalized spacial score (nSPS) is 23.1. The van der Waals surface area contributed by atoms with Gasteiger partial charge in [-0.25, -0.2) is 4.90 Å². The van der Waals surface area contributed by atoms with Crippen LogP contribution in [-0.2, 0) is 4.79 Å². The number of allylic oxidation sites excluding steroid dienone is 3. The van der Waals surface area contributed by atoms with Gasteiger partial charge in [-0.15, -0.1) is 10.2 Å². The van der Waals surface area contributed by atoms with Crippen LogP contribution in [-0.4, -0.2) is 20.7 Å². The molecule has 1 aliphatic heterocycles. The standard InChI is InChI=1S/C16H14N4O/c1-11-6-2-4-8-13(11)20-15(21)12-7-3-5-9-14(12)19-10-17-18-16(19)20/h2-10,12,14H,1H3. The van der Waals surface area contributed by atoms with Crippen molar-refractivity contribution >= 4 is 17.5 Å². The number of aromatic nitrogens is 3. The molecule has 0 saturated heterocycles. The second kappa shape index (κ2) is 4.41. The van der Waals surface area contributed by atoms with E-state index in [2.05, 4.69) is 10.2 Å². The molecule has 0 spiro atoms. The summed E-state index contributed by atoms with van der Waals surface area (Å²) in [4.78, 5) is 14.6. The summed E-state index contributed by atoms with van der Waals surface area (Å²) in [6, 6.07) is 7.79. The Morgan fingerprint density at radius 1 is 1.14 bits per heavy atom. The van der Waals surface area contributed by atoms with Gasteiger partial charge in [-0.05, 0) is 18.6 Å². The highest BCUT2D eigenvalue weighted by atomic mass is 16.2. The Balaban J connectivity index is 1.92. The lowest BCUT2D eigenvalue weighted by Gasteiger charge is -2.36. The average molecular weight is 278 g/mol. The number of hydrogen-bond acceptors (Lipinski definition) is 3. The van der Waals surface area contributed by atoms with Crippen LogP contribution in [0.4, 0.5) is 11.6 Å². The monoisotopic (exact) mass is 278 g/mol. The Kier molecular flexibility index (Phi) is 2.54. The summed E-state index contributed by atoms with van der Waals surface area (Å²) >= 11 is 0. The lowest BCUT2D eigenvalue weighted by molar-refractivity contribution is -0.121. The molecule has 5 nitrogen and oxygen atoms in total. The van der Waals surface area contributed by atoms with Gasteiger partial charge in [0.15, 0.2) is 0 Å². The Hall–Kier alpha value is -2.69. The van der Waals surface area contributed by atoms with Crippen LogP contribution < -0.4 is 4.90 Å². The molecule has 0 saturated carbocycles. The molecule has 1 amide bonds. The van der Waals surface area contributed by atoms with Gasteiger partial charge in [0.05, 0.1) is 17.6 Å². The van der Waals surface area contributed by atoms with E-state index in [1.165, 1.54) is 0 Å². The van der Waals surface area contributed by atoms with Gasteiger partial charge in [-0.3, -0.25) is 9.36 Å². The van der Waals surface area contributed by atoms with Crippen LogP contribution in [0.2, 0.25) is 0 Å². The Bertz CT molecular complexity index is 774. The summed E-state index contributed by atoms with van der Waals surface area (Å²) < 4.78 is 1.96. The first-order chi connectivity index (χ1) is 10.3. The van der Waals surface area contributed by atoms with Crippen molar-refractivity contribution in [2.45, 2.75) is 13.0 Å². The highest BCUT2D eigenvalue weighted by Gasteiger charge is 2.40. The molecule has 2 aliphatic rings. The van der Waals surface area contributed by atoms with E-state index in [4.69, 9.17) is 0 Å². The van der Waals surface area contributed by atoms with Crippen molar-refractivity contribution < 1.29 is 4.79 Å². The zero-order valence-electron chi connectivity index (χ0n) is 11.5. The summed E-state index contributed by atoms with van der Waals surface area (Å²) in [5, 5.41) is 8.15. The van der Waals surface area contributed by atoms with E-state index >= 15 is 0 Å². The van der Waals surface area contributed by atoms with Crippen LogP contribution in [0, 0.1) is 12.8 Å². The number of rotatable bonds is 1. The molecular formula is C16H14N4O. The summed E-state index contributed by atoms with van der Waals surface area (Å²) in [7, 11) is 0. The minimum atomic E-state index is -0.210. The Morgan fingerprint density at radius 3 is 2.81 bits per heavy atom. The molecule has 1 aromatic carbocycles. The van der Waals surface area contributed by atoms with Gasteiger partial charge in [-0.1, -0.05) is 42.5 Å². The largest absolute Gasteiger partial charge is 0.291 e. The van der Waals surface area contributed by atoms with Gasteiger partial charge in [0.1, 0.15) is 6.33 Å². The van der Waals surface area contributed by atoms with E-state index in [1.54, 1.807) is 11.2 Å². The fourth-order valence-electron chi connectivity index (χ4n) is 2.98. The number of para-hydroxylation sites is 1. The fourth-order valence-corrected chi connectivity index (χ4v) is 2.98. The molecular weight excluding hydrogens is 264 g/mol. The van der Waals surface area contributed by atoms with E-state index in [9.17, 15) is 4.79 Å². The molecule has 0 radical (unpaired) electrons. The van der Waals surface area contributed by atoms with Crippen LogP contribution in [0.25, 0.3) is 0 Å². The molecule has 21 heavy (non-hydrogen) atoms. The zero-order valence-corrected chi connectivity index (χ0v) is 11.5. The van der Waals surface area contributed by atoms with Gasteiger partial charge in [0.2, 0.25) is 11.9 Å². The molecule has 0 N–H and O–H groups in total. The first-order valence-electron chi connectivity index (χ1n) is 6.91. The van der Waals surface area contributed by atoms with E-state index in [0.717, 1.165) is 11.3 Å². The molecule has 0 fully saturated rings. The van der Waals surface area contributed by atoms with Crippen LogP contribution >= 0.6 is 0 Å². The summed E-state index contributed by atoms with van der Waals surface area (Å²) in [6.45, 7) is 1.99. The number of aryl methyl sites for hydroxylation is 1. The molecule has 1 aromatic heterocycles. The number of anilines is 2. The molecule has 1 aliphatic carbocycles. The van der Waals surface area contributed by atoms with Crippen LogP contribution in [0.15, 0.2) is 54.9 Å². The fraction of sp³-hybridized carbons (Fsp3) is 0.188. The number of amides is 1. The Labute approximate surface area is 122 Å². The molecule has 104 valence electrons. The van der Waals surface area contributed by atoms with Gasteiger partial charge in [-0.2, -0.15) is 0 Å². The maximum atomic E-state index is 12.9. The lowest BCUT2D eigenvalue weighted by Crippen LogP contribution is -2.43. The smallest absolute Gasteiger partial charge is 0.243 e. The third-order valence-corrected chi connectivity index (χ3v) is 4.04. The molecule has 2 heterocycles. The second-order valence-electron chi connectivity index (χ2n) is 5.28. The van der Waals surface area contributed by atoms with E-state index in [0.29, 0.717) is 5.95 Å². The number of hydrogen-bond donors (Lipinski definition) is 0. The van der Waals surface area contributed by atoms with Crippen molar-refractivity contribution in [1.82, 2.24) is 14.8 Å². The molecule has 2 unspecified atom stereocenters. The maximum Gasteiger partial charge on any atom is 0.243 e. The third-order valence-electron chi connectivity index (χ3n) is 4.04. The van der Waals surface area contributed by atoms with Crippen molar-refractivity contribution in [3.8, 4) is 0 Å².